The second kappa shape index (κ2) is 7.08. The number of para-hydroxylation sites is 1. The van der Waals surface area contributed by atoms with E-state index in [-0.39, 0.29) is 29.1 Å². The number of carbonyl (C=O) groups is 2. The number of rotatable bonds is 4. The minimum atomic E-state index is -0.677. The van der Waals surface area contributed by atoms with Gasteiger partial charge >= 0.3 is 5.97 Å². The number of nitrogens with two attached hydrogens (primary N) is 1. The molecule has 2 aromatic carbocycles. The normalized spacial score (nSPS) is 16.3. The highest BCUT2D eigenvalue weighted by atomic mass is 35.5. The zero-order valence-corrected chi connectivity index (χ0v) is 16.2. The molecule has 5 nitrogen and oxygen atoms in total. The van der Waals surface area contributed by atoms with Gasteiger partial charge in [0.1, 0.15) is 0 Å². The number of carbonyl (C=O) groups excluding carboxylic acids is 2. The molecule has 3 rings (SSSR count). The van der Waals surface area contributed by atoms with E-state index in [4.69, 9.17) is 22.1 Å². The first-order chi connectivity index (χ1) is 12.7. The molecule has 0 aromatic heterocycles. The van der Waals surface area contributed by atoms with Gasteiger partial charge in [-0.3, -0.25) is 4.79 Å². The molecule has 0 amide bonds. The Hall–Kier alpha value is -2.79. The number of esters is 1. The predicted octanol–water partition coefficient (Wildman–Crippen LogP) is 3.96. The van der Waals surface area contributed by atoms with Crippen LogP contribution in [0.4, 0.5) is 11.4 Å². The average Bonchev–Trinajstić information content (AvgIpc) is 2.83. The van der Waals surface area contributed by atoms with Crippen LogP contribution in [0.25, 0.3) is 0 Å². The molecule has 2 N–H and O–H groups in total. The van der Waals surface area contributed by atoms with Crippen molar-refractivity contribution in [2.75, 3.05) is 24.3 Å². The summed E-state index contributed by atoms with van der Waals surface area (Å²) in [6.07, 6.45) is 1.54. The summed E-state index contributed by atoms with van der Waals surface area (Å²) in [6.45, 7) is 3.76. The summed E-state index contributed by atoms with van der Waals surface area (Å²) in [5, 5.41) is 0.372. The zero-order chi connectivity index (χ0) is 19.8. The maximum absolute atomic E-state index is 12.4. The number of nitrogens with zero attached hydrogens (tertiary/aromatic N) is 1. The molecule has 0 unspecified atom stereocenters. The van der Waals surface area contributed by atoms with Crippen LogP contribution < -0.4 is 10.6 Å². The largest absolute Gasteiger partial charge is 0.454 e. The number of nitrogen functional groups attached to an aromatic ring is 1. The van der Waals surface area contributed by atoms with E-state index in [2.05, 4.69) is 19.9 Å². The number of halogens is 1. The van der Waals surface area contributed by atoms with Gasteiger partial charge in [-0.15, -0.1) is 0 Å². The van der Waals surface area contributed by atoms with Crippen LogP contribution in [0.15, 0.2) is 54.2 Å². The number of hydrogen-bond acceptors (Lipinski definition) is 5. The molecule has 0 fully saturated rings. The van der Waals surface area contributed by atoms with Crippen LogP contribution >= 0.6 is 11.6 Å². The summed E-state index contributed by atoms with van der Waals surface area (Å²) in [5.74, 6) is -0.976. The van der Waals surface area contributed by atoms with E-state index in [1.807, 2.05) is 30.1 Å². The number of ether oxygens (including phenoxy) is 1. The van der Waals surface area contributed by atoms with E-state index < -0.39 is 5.97 Å². The summed E-state index contributed by atoms with van der Waals surface area (Å²) in [6, 6.07) is 12.6. The van der Waals surface area contributed by atoms with Gasteiger partial charge in [0.2, 0.25) is 0 Å². The Labute approximate surface area is 163 Å². The third-order valence-corrected chi connectivity index (χ3v) is 5.05. The second-order valence-corrected chi connectivity index (χ2v) is 7.44. The minimum Gasteiger partial charge on any atom is -0.454 e. The highest BCUT2D eigenvalue weighted by Crippen LogP contribution is 2.46. The standard InChI is InChI=1S/C21H21ClN2O3/c1-21(2)16-6-4-5-7-18(16)24(3)19(21)11-14(25)12-27-20(26)15-10-13(22)8-9-17(15)23/h4-11H,12,23H2,1-3H3. The molecule has 27 heavy (non-hydrogen) atoms. The Balaban J connectivity index is 1.74. The van der Waals surface area contributed by atoms with Crippen molar-refractivity contribution >= 4 is 34.7 Å². The molecular weight excluding hydrogens is 364 g/mol. The first-order valence-corrected chi connectivity index (χ1v) is 8.90. The van der Waals surface area contributed by atoms with E-state index in [1.165, 1.54) is 18.2 Å². The van der Waals surface area contributed by atoms with Gasteiger partial charge in [0.25, 0.3) is 0 Å². The summed E-state index contributed by atoms with van der Waals surface area (Å²) in [5.41, 5.74) is 8.91. The van der Waals surface area contributed by atoms with E-state index in [1.54, 1.807) is 6.07 Å². The molecule has 0 bridgehead atoms. The van der Waals surface area contributed by atoms with E-state index >= 15 is 0 Å². The van der Waals surface area contributed by atoms with Crippen LogP contribution in [0.1, 0.15) is 29.8 Å². The number of anilines is 2. The van der Waals surface area contributed by atoms with Crippen molar-refractivity contribution in [2.45, 2.75) is 19.3 Å². The summed E-state index contributed by atoms with van der Waals surface area (Å²) >= 11 is 5.88. The van der Waals surface area contributed by atoms with Crippen LogP contribution in [0.5, 0.6) is 0 Å². The van der Waals surface area contributed by atoms with Crippen molar-refractivity contribution in [2.24, 2.45) is 0 Å². The lowest BCUT2D eigenvalue weighted by Gasteiger charge is -2.23. The molecule has 1 heterocycles. The molecule has 6 heteroatoms. The van der Waals surface area contributed by atoms with E-state index in [0.29, 0.717) is 5.02 Å². The van der Waals surface area contributed by atoms with Crippen molar-refractivity contribution in [3.63, 3.8) is 0 Å². The molecule has 2 aromatic rings. The smallest absolute Gasteiger partial charge is 0.340 e. The average molecular weight is 385 g/mol. The molecule has 0 aliphatic carbocycles. The maximum Gasteiger partial charge on any atom is 0.340 e. The first kappa shape index (κ1) is 19.0. The van der Waals surface area contributed by atoms with Crippen molar-refractivity contribution < 1.29 is 14.3 Å². The van der Waals surface area contributed by atoms with Crippen LogP contribution in [0, 0.1) is 0 Å². The Kier molecular flexibility index (Phi) is 4.98. The van der Waals surface area contributed by atoms with E-state index in [9.17, 15) is 9.59 Å². The van der Waals surface area contributed by atoms with Gasteiger partial charge in [-0.25, -0.2) is 4.79 Å². The maximum atomic E-state index is 12.4. The SMILES string of the molecule is CN1C(=CC(=O)COC(=O)c2cc(Cl)ccc2N)C(C)(C)c2ccccc21. The van der Waals surface area contributed by atoms with Gasteiger partial charge in [-0.2, -0.15) is 0 Å². The molecule has 1 aliphatic rings. The highest BCUT2D eigenvalue weighted by Gasteiger charge is 2.38. The lowest BCUT2D eigenvalue weighted by molar-refractivity contribution is -0.117. The molecule has 0 saturated carbocycles. The molecular formula is C21H21ClN2O3. The number of allylic oxidation sites excluding steroid dienone is 1. The lowest BCUT2D eigenvalue weighted by atomic mass is 9.83. The van der Waals surface area contributed by atoms with Crippen LogP contribution in [-0.4, -0.2) is 25.4 Å². The Bertz CT molecular complexity index is 950. The van der Waals surface area contributed by atoms with Crippen molar-refractivity contribution in [1.82, 2.24) is 0 Å². The summed E-state index contributed by atoms with van der Waals surface area (Å²) in [7, 11) is 1.92. The van der Waals surface area contributed by atoms with Gasteiger partial charge in [-0.05, 0) is 29.8 Å². The van der Waals surface area contributed by atoms with Crippen molar-refractivity contribution in [1.29, 1.82) is 0 Å². The number of benzene rings is 2. The Morgan fingerprint density at radius 3 is 2.63 bits per heavy atom. The molecule has 0 spiro atoms. The zero-order valence-electron chi connectivity index (χ0n) is 15.5. The fraction of sp³-hybridized carbons (Fsp3) is 0.238. The van der Waals surface area contributed by atoms with Crippen LogP contribution in [0.2, 0.25) is 5.02 Å². The number of fused-ring (bicyclic) bond motifs is 1. The number of likely N-dealkylation sites (N-methyl/N-ethyl adjacent to an activating group) is 1. The van der Waals surface area contributed by atoms with Gasteiger partial charge in [-0.1, -0.05) is 43.6 Å². The molecule has 0 atom stereocenters. The van der Waals surface area contributed by atoms with Gasteiger partial charge in [0.15, 0.2) is 12.4 Å². The lowest BCUT2D eigenvalue weighted by Crippen LogP contribution is -2.25. The van der Waals surface area contributed by atoms with Gasteiger partial charge in [0.05, 0.1) is 5.56 Å². The highest BCUT2D eigenvalue weighted by molar-refractivity contribution is 6.31. The van der Waals surface area contributed by atoms with E-state index in [0.717, 1.165) is 16.9 Å². The predicted molar refractivity (Wildman–Crippen MR) is 107 cm³/mol. The molecule has 140 valence electrons. The van der Waals surface area contributed by atoms with Crippen molar-refractivity contribution in [3.05, 3.63) is 70.4 Å². The van der Waals surface area contributed by atoms with Gasteiger partial charge < -0.3 is 15.4 Å². The number of hydrogen-bond donors (Lipinski definition) is 1. The first-order valence-electron chi connectivity index (χ1n) is 8.52. The number of ketones is 1. The fourth-order valence-corrected chi connectivity index (χ4v) is 3.54. The summed E-state index contributed by atoms with van der Waals surface area (Å²) in [4.78, 5) is 26.6. The minimum absolute atomic E-state index is 0.147. The molecule has 0 saturated heterocycles. The Morgan fingerprint density at radius 2 is 1.93 bits per heavy atom. The van der Waals surface area contributed by atoms with Gasteiger partial charge in [0, 0.05) is 40.6 Å². The van der Waals surface area contributed by atoms with Crippen LogP contribution in [-0.2, 0) is 14.9 Å². The van der Waals surface area contributed by atoms with Crippen LogP contribution in [0.3, 0.4) is 0 Å². The Morgan fingerprint density at radius 1 is 1.22 bits per heavy atom. The topological polar surface area (TPSA) is 72.6 Å². The fourth-order valence-electron chi connectivity index (χ4n) is 3.37. The second-order valence-electron chi connectivity index (χ2n) is 7.00. The third-order valence-electron chi connectivity index (χ3n) is 4.82. The molecule has 1 aliphatic heterocycles. The van der Waals surface area contributed by atoms with Crippen molar-refractivity contribution in [3.8, 4) is 0 Å². The summed E-state index contributed by atoms with van der Waals surface area (Å²) < 4.78 is 5.13. The molecule has 0 radical (unpaired) electrons. The monoisotopic (exact) mass is 384 g/mol. The third kappa shape index (κ3) is 3.55. The quantitative estimate of drug-likeness (QED) is 0.490.